The molecule has 122 valence electrons. The van der Waals surface area contributed by atoms with E-state index in [9.17, 15) is 4.79 Å². The molecule has 0 bridgehead atoms. The summed E-state index contributed by atoms with van der Waals surface area (Å²) in [4.78, 5) is 19.1. The van der Waals surface area contributed by atoms with E-state index in [0.717, 1.165) is 41.3 Å². The number of anilines is 1. The molecule has 1 amide bonds. The van der Waals surface area contributed by atoms with Crippen LogP contribution in [0.4, 0.5) is 5.95 Å². The molecule has 5 heteroatoms. The highest BCUT2D eigenvalue weighted by Crippen LogP contribution is 2.27. The number of aromatic nitrogens is 2. The number of nitrogens with zero attached hydrogens (tertiary/aromatic N) is 3. The average Bonchev–Trinajstić information content (AvgIpc) is 3.19. The third-order valence-electron chi connectivity index (χ3n) is 4.51. The number of benzene rings is 2. The number of fused-ring (bicyclic) bond motifs is 3. The highest BCUT2D eigenvalue weighted by molar-refractivity contribution is 5.95. The minimum Gasteiger partial charge on any atom is -0.497 e. The normalized spacial score (nSPS) is 13.3. The fourth-order valence-electron chi connectivity index (χ4n) is 3.20. The second-order valence-electron chi connectivity index (χ2n) is 5.95. The van der Waals surface area contributed by atoms with Gasteiger partial charge in [0, 0.05) is 19.5 Å². The lowest BCUT2D eigenvalue weighted by atomic mass is 10.1. The van der Waals surface area contributed by atoms with Crippen molar-refractivity contribution < 1.29 is 9.53 Å². The van der Waals surface area contributed by atoms with Crippen molar-refractivity contribution in [1.29, 1.82) is 0 Å². The molecule has 0 spiro atoms. The number of rotatable bonds is 4. The molecular weight excluding hydrogens is 302 g/mol. The summed E-state index contributed by atoms with van der Waals surface area (Å²) >= 11 is 0. The monoisotopic (exact) mass is 321 g/mol. The van der Waals surface area contributed by atoms with Crippen LogP contribution in [0, 0.1) is 0 Å². The zero-order valence-electron chi connectivity index (χ0n) is 13.6. The van der Waals surface area contributed by atoms with Crippen molar-refractivity contribution in [1.82, 2.24) is 9.55 Å². The van der Waals surface area contributed by atoms with Crippen LogP contribution < -0.4 is 9.64 Å². The number of carbonyl (C=O) groups excluding carboxylic acids is 1. The molecule has 4 rings (SSSR count). The fourth-order valence-corrected chi connectivity index (χ4v) is 3.20. The van der Waals surface area contributed by atoms with Gasteiger partial charge in [0.15, 0.2) is 0 Å². The van der Waals surface area contributed by atoms with Crippen LogP contribution in [0.25, 0.3) is 11.0 Å². The highest BCUT2D eigenvalue weighted by atomic mass is 16.5. The Kier molecular flexibility index (Phi) is 3.69. The van der Waals surface area contributed by atoms with Gasteiger partial charge >= 0.3 is 0 Å². The van der Waals surface area contributed by atoms with Gasteiger partial charge in [-0.15, -0.1) is 0 Å². The van der Waals surface area contributed by atoms with Crippen molar-refractivity contribution in [2.45, 2.75) is 19.4 Å². The summed E-state index contributed by atoms with van der Waals surface area (Å²) < 4.78 is 7.28. The Balaban J connectivity index is 1.48. The minimum absolute atomic E-state index is 0.125. The zero-order chi connectivity index (χ0) is 16.5. The molecule has 0 unspecified atom stereocenters. The molecule has 0 saturated carbocycles. The van der Waals surface area contributed by atoms with E-state index in [0.29, 0.717) is 13.0 Å². The Bertz CT molecular complexity index is 883. The zero-order valence-corrected chi connectivity index (χ0v) is 13.6. The lowest BCUT2D eigenvalue weighted by Gasteiger charge is -2.13. The van der Waals surface area contributed by atoms with E-state index in [1.165, 1.54) is 0 Å². The molecule has 0 N–H and O–H groups in total. The van der Waals surface area contributed by atoms with Crippen molar-refractivity contribution in [3.05, 3.63) is 54.1 Å². The van der Waals surface area contributed by atoms with Gasteiger partial charge in [-0.2, -0.15) is 0 Å². The van der Waals surface area contributed by atoms with Crippen LogP contribution in [0.15, 0.2) is 48.5 Å². The van der Waals surface area contributed by atoms with Gasteiger partial charge in [0.25, 0.3) is 0 Å². The molecule has 2 aromatic carbocycles. The van der Waals surface area contributed by atoms with Gasteiger partial charge in [0.1, 0.15) is 5.75 Å². The predicted molar refractivity (Wildman–Crippen MR) is 93.4 cm³/mol. The molecular formula is C19H19N3O2. The lowest BCUT2D eigenvalue weighted by molar-refractivity contribution is -0.118. The molecule has 5 nitrogen and oxygen atoms in total. The molecule has 3 aromatic rings. The number of imidazole rings is 1. The summed E-state index contributed by atoms with van der Waals surface area (Å²) in [6.45, 7) is 1.51. The van der Waals surface area contributed by atoms with Gasteiger partial charge in [-0.05, 0) is 36.2 Å². The van der Waals surface area contributed by atoms with E-state index in [1.807, 2.05) is 47.4 Å². The molecule has 1 aromatic heterocycles. The summed E-state index contributed by atoms with van der Waals surface area (Å²) in [6, 6.07) is 15.9. The number of aryl methyl sites for hydroxylation is 1. The first kappa shape index (κ1) is 14.8. The first-order valence-corrected chi connectivity index (χ1v) is 8.15. The topological polar surface area (TPSA) is 47.4 Å². The number of para-hydroxylation sites is 2. The molecule has 2 heterocycles. The van der Waals surface area contributed by atoms with E-state index in [4.69, 9.17) is 4.74 Å². The third kappa shape index (κ3) is 2.52. The smallest absolute Gasteiger partial charge is 0.229 e. The maximum atomic E-state index is 12.6. The molecule has 0 atom stereocenters. The van der Waals surface area contributed by atoms with Crippen molar-refractivity contribution in [3.63, 3.8) is 0 Å². The Labute approximate surface area is 140 Å². The summed E-state index contributed by atoms with van der Waals surface area (Å²) in [7, 11) is 1.65. The van der Waals surface area contributed by atoms with Crippen LogP contribution in [0.3, 0.4) is 0 Å². The lowest BCUT2D eigenvalue weighted by Crippen LogP contribution is -2.29. The third-order valence-corrected chi connectivity index (χ3v) is 4.51. The van der Waals surface area contributed by atoms with Crippen molar-refractivity contribution in [2.75, 3.05) is 18.6 Å². The van der Waals surface area contributed by atoms with Crippen LogP contribution in [0.1, 0.15) is 12.0 Å². The quantitative estimate of drug-likeness (QED) is 0.742. The largest absolute Gasteiger partial charge is 0.497 e. The number of ether oxygens (including phenoxy) is 1. The first-order valence-electron chi connectivity index (χ1n) is 8.15. The summed E-state index contributed by atoms with van der Waals surface area (Å²) in [5.41, 5.74) is 3.18. The van der Waals surface area contributed by atoms with Crippen LogP contribution >= 0.6 is 0 Å². The summed E-state index contributed by atoms with van der Waals surface area (Å²) in [5.74, 6) is 1.73. The number of hydrogen-bond acceptors (Lipinski definition) is 3. The van der Waals surface area contributed by atoms with E-state index in [2.05, 4.69) is 15.6 Å². The Morgan fingerprint density at radius 3 is 2.71 bits per heavy atom. The van der Waals surface area contributed by atoms with E-state index >= 15 is 0 Å². The maximum absolute atomic E-state index is 12.6. The number of hydrogen-bond donors (Lipinski definition) is 0. The van der Waals surface area contributed by atoms with E-state index < -0.39 is 0 Å². The predicted octanol–water partition coefficient (Wildman–Crippen LogP) is 3.02. The second-order valence-corrected chi connectivity index (χ2v) is 5.95. The Hall–Kier alpha value is -2.82. The van der Waals surface area contributed by atoms with Gasteiger partial charge in [-0.25, -0.2) is 4.98 Å². The van der Waals surface area contributed by atoms with Crippen molar-refractivity contribution in [2.24, 2.45) is 0 Å². The van der Waals surface area contributed by atoms with Gasteiger partial charge in [-0.3, -0.25) is 9.69 Å². The standard InChI is InChI=1S/C19H19N3O2/c1-24-15-9-6-14(7-10-15)8-11-18(23)22-13-12-21-17-5-3-2-4-16(17)20-19(21)22/h2-7,9-10H,8,11-13H2,1H3. The number of amides is 1. The van der Waals surface area contributed by atoms with Gasteiger partial charge < -0.3 is 9.30 Å². The van der Waals surface area contributed by atoms with Crippen molar-refractivity contribution >= 4 is 22.9 Å². The Morgan fingerprint density at radius 2 is 1.92 bits per heavy atom. The van der Waals surface area contributed by atoms with E-state index in [-0.39, 0.29) is 5.91 Å². The molecule has 0 saturated heterocycles. The van der Waals surface area contributed by atoms with Crippen LogP contribution in [-0.4, -0.2) is 29.1 Å². The number of methoxy groups -OCH3 is 1. The molecule has 0 fully saturated rings. The molecule has 0 aliphatic carbocycles. The molecule has 24 heavy (non-hydrogen) atoms. The minimum atomic E-state index is 0.125. The second kappa shape index (κ2) is 6.00. The van der Waals surface area contributed by atoms with Gasteiger partial charge in [-0.1, -0.05) is 24.3 Å². The average molecular weight is 321 g/mol. The summed E-state index contributed by atoms with van der Waals surface area (Å²) in [5, 5.41) is 0. The van der Waals surface area contributed by atoms with Crippen LogP contribution in [0.5, 0.6) is 5.75 Å². The fraction of sp³-hybridized carbons (Fsp3) is 0.263. The van der Waals surface area contributed by atoms with Gasteiger partial charge in [0.05, 0.1) is 18.1 Å². The maximum Gasteiger partial charge on any atom is 0.229 e. The van der Waals surface area contributed by atoms with Gasteiger partial charge in [0.2, 0.25) is 11.9 Å². The highest BCUT2D eigenvalue weighted by Gasteiger charge is 2.27. The molecule has 1 aliphatic heterocycles. The SMILES string of the molecule is COc1ccc(CCC(=O)N2CCn3c2nc2ccccc23)cc1. The molecule has 1 aliphatic rings. The summed E-state index contributed by atoms with van der Waals surface area (Å²) in [6.07, 6.45) is 1.20. The van der Waals surface area contributed by atoms with Crippen LogP contribution in [0.2, 0.25) is 0 Å². The van der Waals surface area contributed by atoms with E-state index in [1.54, 1.807) is 7.11 Å². The number of carbonyl (C=O) groups is 1. The Morgan fingerprint density at radius 1 is 1.12 bits per heavy atom. The molecule has 0 radical (unpaired) electrons. The van der Waals surface area contributed by atoms with Crippen molar-refractivity contribution in [3.8, 4) is 5.75 Å². The van der Waals surface area contributed by atoms with Crippen LogP contribution in [-0.2, 0) is 17.8 Å². The first-order chi connectivity index (χ1) is 11.8.